The van der Waals surface area contributed by atoms with Crippen molar-refractivity contribution in [2.45, 2.75) is 34.1 Å². The standard InChI is InChI=1S/C26H27N3O3S2/c1-15(2)11-12-28-25(32)23(34-26(28)33)22-18-7-5-6-8-20(18)29(24(22)31)14-21(30)27-19-13-16(3)9-10-17(19)4/h5-10,13,15H,11-12,14H2,1-4H3,(H,27,30). The maximum absolute atomic E-state index is 13.5. The maximum Gasteiger partial charge on any atom is 0.267 e. The lowest BCUT2D eigenvalue weighted by Crippen LogP contribution is -2.36. The van der Waals surface area contributed by atoms with Crippen LogP contribution in [0.15, 0.2) is 47.4 Å². The molecule has 176 valence electrons. The number of hydrogen-bond acceptors (Lipinski definition) is 5. The molecule has 2 aromatic carbocycles. The molecule has 4 rings (SSSR count). The van der Waals surface area contributed by atoms with Gasteiger partial charge in [0.25, 0.3) is 11.8 Å². The minimum Gasteiger partial charge on any atom is -0.324 e. The van der Waals surface area contributed by atoms with Crippen LogP contribution >= 0.6 is 24.0 Å². The highest BCUT2D eigenvalue weighted by Gasteiger charge is 2.42. The summed E-state index contributed by atoms with van der Waals surface area (Å²) < 4.78 is 0.463. The fourth-order valence-corrected chi connectivity index (χ4v) is 5.37. The van der Waals surface area contributed by atoms with E-state index in [2.05, 4.69) is 19.2 Å². The zero-order valence-corrected chi connectivity index (χ0v) is 21.3. The van der Waals surface area contributed by atoms with Crippen molar-refractivity contribution in [3.8, 4) is 0 Å². The van der Waals surface area contributed by atoms with Gasteiger partial charge in [-0.05, 0) is 49.4 Å². The molecule has 0 radical (unpaired) electrons. The molecule has 34 heavy (non-hydrogen) atoms. The highest BCUT2D eigenvalue weighted by molar-refractivity contribution is 8.26. The lowest BCUT2D eigenvalue weighted by atomic mass is 10.1. The molecule has 0 aliphatic carbocycles. The number of rotatable bonds is 6. The Bertz CT molecular complexity index is 1240. The average Bonchev–Trinajstić information content (AvgIpc) is 3.21. The molecule has 0 bridgehead atoms. The van der Waals surface area contributed by atoms with Gasteiger partial charge in [-0.25, -0.2) is 0 Å². The van der Waals surface area contributed by atoms with Gasteiger partial charge in [0, 0.05) is 17.8 Å². The fraction of sp³-hybridized carbons (Fsp3) is 0.308. The van der Waals surface area contributed by atoms with Gasteiger partial charge in [0.15, 0.2) is 0 Å². The molecule has 6 nitrogen and oxygen atoms in total. The van der Waals surface area contributed by atoms with Gasteiger partial charge in [0.05, 0.1) is 16.2 Å². The van der Waals surface area contributed by atoms with E-state index in [1.807, 2.05) is 50.2 Å². The van der Waals surface area contributed by atoms with Crippen molar-refractivity contribution in [3.05, 3.63) is 64.1 Å². The second-order valence-corrected chi connectivity index (χ2v) is 10.6. The molecule has 8 heteroatoms. The summed E-state index contributed by atoms with van der Waals surface area (Å²) in [6.07, 6.45) is 0.824. The summed E-state index contributed by atoms with van der Waals surface area (Å²) in [5.41, 5.74) is 4.28. The molecule has 2 aliphatic heterocycles. The summed E-state index contributed by atoms with van der Waals surface area (Å²) in [6.45, 7) is 8.43. The predicted octanol–water partition coefficient (Wildman–Crippen LogP) is 4.91. The Morgan fingerprint density at radius 2 is 1.79 bits per heavy atom. The van der Waals surface area contributed by atoms with Crippen molar-refractivity contribution >= 4 is 63.0 Å². The van der Waals surface area contributed by atoms with E-state index in [4.69, 9.17) is 12.2 Å². The normalized spacial score (nSPS) is 17.7. The fourth-order valence-electron chi connectivity index (χ4n) is 3.99. The van der Waals surface area contributed by atoms with E-state index in [1.54, 1.807) is 11.0 Å². The third kappa shape index (κ3) is 4.65. The van der Waals surface area contributed by atoms with Gasteiger partial charge in [-0.2, -0.15) is 0 Å². The average molecular weight is 494 g/mol. The van der Waals surface area contributed by atoms with Crippen LogP contribution in [0.25, 0.3) is 5.57 Å². The first-order valence-electron chi connectivity index (χ1n) is 11.2. The summed E-state index contributed by atoms with van der Waals surface area (Å²) in [6, 6.07) is 13.1. The van der Waals surface area contributed by atoms with Gasteiger partial charge in [-0.3, -0.25) is 24.2 Å². The number of thiocarbonyl (C=S) groups is 1. The van der Waals surface area contributed by atoms with Gasteiger partial charge < -0.3 is 5.32 Å². The molecule has 0 unspecified atom stereocenters. The van der Waals surface area contributed by atoms with Gasteiger partial charge in [0.1, 0.15) is 10.9 Å². The summed E-state index contributed by atoms with van der Waals surface area (Å²) in [5.74, 6) is -0.475. The Hall–Kier alpha value is -2.97. The number of aryl methyl sites for hydroxylation is 2. The first-order chi connectivity index (χ1) is 16.2. The molecule has 1 fully saturated rings. The molecule has 2 heterocycles. The van der Waals surface area contributed by atoms with E-state index < -0.39 is 0 Å². The summed E-state index contributed by atoms with van der Waals surface area (Å²) in [5, 5.41) is 2.91. The molecule has 0 aromatic heterocycles. The first-order valence-corrected chi connectivity index (χ1v) is 12.5. The smallest absolute Gasteiger partial charge is 0.267 e. The Morgan fingerprint density at radius 3 is 2.53 bits per heavy atom. The van der Waals surface area contributed by atoms with Gasteiger partial charge in [0.2, 0.25) is 5.91 Å². The minimum absolute atomic E-state index is 0.152. The zero-order chi connectivity index (χ0) is 24.6. The minimum atomic E-state index is -0.360. The van der Waals surface area contributed by atoms with E-state index in [1.165, 1.54) is 4.90 Å². The second-order valence-electron chi connectivity index (χ2n) is 8.99. The molecule has 1 saturated heterocycles. The van der Waals surface area contributed by atoms with E-state index in [9.17, 15) is 14.4 Å². The summed E-state index contributed by atoms with van der Waals surface area (Å²) in [4.78, 5) is 43.0. The van der Waals surface area contributed by atoms with E-state index in [-0.39, 0.29) is 24.3 Å². The second kappa shape index (κ2) is 9.72. The Kier molecular flexibility index (Phi) is 6.91. The molecular formula is C26H27N3O3S2. The Balaban J connectivity index is 1.62. The molecule has 0 spiro atoms. The van der Waals surface area contributed by atoms with Crippen molar-refractivity contribution in [3.63, 3.8) is 0 Å². The zero-order valence-electron chi connectivity index (χ0n) is 19.7. The van der Waals surface area contributed by atoms with Gasteiger partial charge >= 0.3 is 0 Å². The number of benzene rings is 2. The quantitative estimate of drug-likeness (QED) is 0.458. The van der Waals surface area contributed by atoms with E-state index in [0.717, 1.165) is 35.0 Å². The predicted molar refractivity (Wildman–Crippen MR) is 142 cm³/mol. The molecule has 0 saturated carbocycles. The number of amides is 3. The monoisotopic (exact) mass is 493 g/mol. The van der Waals surface area contributed by atoms with Crippen LogP contribution in [0.5, 0.6) is 0 Å². The van der Waals surface area contributed by atoms with Crippen LogP contribution in [0.2, 0.25) is 0 Å². The topological polar surface area (TPSA) is 69.7 Å². The van der Waals surface area contributed by atoms with Gasteiger partial charge in [-0.15, -0.1) is 0 Å². The molecule has 0 atom stereocenters. The van der Waals surface area contributed by atoms with Crippen LogP contribution in [0.3, 0.4) is 0 Å². The van der Waals surface area contributed by atoms with Crippen LogP contribution in [0, 0.1) is 19.8 Å². The molecule has 2 aromatic rings. The number of nitrogens with zero attached hydrogens (tertiary/aromatic N) is 2. The third-order valence-electron chi connectivity index (χ3n) is 5.90. The van der Waals surface area contributed by atoms with Crippen LogP contribution in [-0.2, 0) is 14.4 Å². The number of thioether (sulfide) groups is 1. The van der Waals surface area contributed by atoms with Crippen LogP contribution in [0.4, 0.5) is 11.4 Å². The number of carbonyl (C=O) groups excluding carboxylic acids is 3. The molecule has 3 amide bonds. The molecule has 2 aliphatic rings. The number of hydrogen-bond donors (Lipinski definition) is 1. The molecular weight excluding hydrogens is 466 g/mol. The summed E-state index contributed by atoms with van der Waals surface area (Å²) in [7, 11) is 0. The highest BCUT2D eigenvalue weighted by Crippen LogP contribution is 2.44. The number of para-hydroxylation sites is 1. The van der Waals surface area contributed by atoms with Crippen LogP contribution in [-0.4, -0.2) is 40.0 Å². The van der Waals surface area contributed by atoms with Crippen molar-refractivity contribution in [2.75, 3.05) is 23.3 Å². The van der Waals surface area contributed by atoms with Gasteiger partial charge in [-0.1, -0.05) is 68.2 Å². The van der Waals surface area contributed by atoms with Crippen molar-refractivity contribution in [1.82, 2.24) is 4.90 Å². The molecule has 1 N–H and O–H groups in total. The number of anilines is 2. The van der Waals surface area contributed by atoms with Crippen molar-refractivity contribution in [1.29, 1.82) is 0 Å². The van der Waals surface area contributed by atoms with Crippen LogP contribution in [0.1, 0.15) is 37.0 Å². The first kappa shape index (κ1) is 24.2. The Labute approximate surface area is 209 Å². The van der Waals surface area contributed by atoms with E-state index >= 15 is 0 Å². The largest absolute Gasteiger partial charge is 0.324 e. The van der Waals surface area contributed by atoms with E-state index in [0.29, 0.717) is 38.5 Å². The van der Waals surface area contributed by atoms with Crippen molar-refractivity contribution < 1.29 is 14.4 Å². The number of nitrogens with one attached hydrogen (secondary N) is 1. The SMILES string of the molecule is Cc1ccc(C)c(NC(=O)CN2C(=O)C(=C3SC(=S)N(CCC(C)C)C3=O)c3ccccc32)c1. The maximum atomic E-state index is 13.5. The number of carbonyl (C=O) groups is 3. The Morgan fingerprint density at radius 1 is 1.06 bits per heavy atom. The summed E-state index contributed by atoms with van der Waals surface area (Å²) >= 11 is 6.62. The highest BCUT2D eigenvalue weighted by atomic mass is 32.2. The van der Waals surface area contributed by atoms with Crippen LogP contribution < -0.4 is 10.2 Å². The van der Waals surface area contributed by atoms with Crippen molar-refractivity contribution in [2.24, 2.45) is 5.92 Å². The third-order valence-corrected chi connectivity index (χ3v) is 7.35. The lowest BCUT2D eigenvalue weighted by molar-refractivity contribution is -0.122. The number of fused-ring (bicyclic) bond motifs is 1. The lowest BCUT2D eigenvalue weighted by Gasteiger charge is -2.17.